The Hall–Kier alpha value is -1.26. The fraction of sp³-hybridized carbons (Fsp3) is 0.600. The molecule has 108 valence electrons. The number of ether oxygens (including phenoxy) is 2. The normalized spacial score (nSPS) is 13.9. The van der Waals surface area contributed by atoms with Gasteiger partial charge in [-0.25, -0.2) is 0 Å². The molecule has 0 radical (unpaired) electrons. The van der Waals surface area contributed by atoms with E-state index in [4.69, 9.17) is 14.6 Å². The molecule has 1 rings (SSSR count). The van der Waals surface area contributed by atoms with E-state index in [2.05, 4.69) is 19.2 Å². The highest BCUT2D eigenvalue weighted by atomic mass is 16.5. The number of rotatable bonds is 8. The fourth-order valence-corrected chi connectivity index (χ4v) is 2.18. The number of methoxy groups -OCH3 is 2. The maximum atomic E-state index is 8.85. The van der Waals surface area contributed by atoms with E-state index in [0.717, 1.165) is 29.9 Å². The standard InChI is InChI=1S/C15H25NO3/c1-11(6-5-9-17)16-12(2)14-10-13(18-3)7-8-15(14)19-4/h7-8,10-12,16-17H,5-6,9H2,1-4H3. The molecule has 0 saturated carbocycles. The molecule has 0 bridgehead atoms. The second kappa shape index (κ2) is 8.02. The van der Waals surface area contributed by atoms with E-state index >= 15 is 0 Å². The van der Waals surface area contributed by atoms with Crippen LogP contribution >= 0.6 is 0 Å². The molecule has 0 fully saturated rings. The van der Waals surface area contributed by atoms with Crippen molar-refractivity contribution in [1.82, 2.24) is 5.32 Å². The molecule has 0 aliphatic rings. The summed E-state index contributed by atoms with van der Waals surface area (Å²) in [5.74, 6) is 1.68. The first-order valence-electron chi connectivity index (χ1n) is 6.71. The molecule has 19 heavy (non-hydrogen) atoms. The van der Waals surface area contributed by atoms with E-state index in [9.17, 15) is 0 Å². The van der Waals surface area contributed by atoms with Gasteiger partial charge in [0.2, 0.25) is 0 Å². The smallest absolute Gasteiger partial charge is 0.123 e. The van der Waals surface area contributed by atoms with Crippen molar-refractivity contribution in [2.45, 2.75) is 38.8 Å². The van der Waals surface area contributed by atoms with Crippen molar-refractivity contribution in [3.8, 4) is 11.5 Å². The van der Waals surface area contributed by atoms with Crippen molar-refractivity contribution in [3.05, 3.63) is 23.8 Å². The Kier molecular flexibility index (Phi) is 6.67. The van der Waals surface area contributed by atoms with Crippen LogP contribution in [0.3, 0.4) is 0 Å². The van der Waals surface area contributed by atoms with E-state index in [1.807, 2.05) is 18.2 Å². The minimum absolute atomic E-state index is 0.166. The lowest BCUT2D eigenvalue weighted by Gasteiger charge is -2.22. The van der Waals surface area contributed by atoms with Crippen LogP contribution in [-0.4, -0.2) is 32.0 Å². The zero-order chi connectivity index (χ0) is 14.3. The lowest BCUT2D eigenvalue weighted by Crippen LogP contribution is -2.29. The van der Waals surface area contributed by atoms with Crippen molar-refractivity contribution in [2.75, 3.05) is 20.8 Å². The fourth-order valence-electron chi connectivity index (χ4n) is 2.18. The monoisotopic (exact) mass is 267 g/mol. The van der Waals surface area contributed by atoms with Gasteiger partial charge in [0.15, 0.2) is 0 Å². The third-order valence-corrected chi connectivity index (χ3v) is 3.23. The Morgan fingerprint density at radius 1 is 1.21 bits per heavy atom. The molecule has 1 aromatic carbocycles. The van der Waals surface area contributed by atoms with E-state index in [1.54, 1.807) is 14.2 Å². The van der Waals surface area contributed by atoms with E-state index in [1.165, 1.54) is 0 Å². The average Bonchev–Trinajstić information content (AvgIpc) is 2.44. The van der Waals surface area contributed by atoms with Crippen LogP contribution in [0.2, 0.25) is 0 Å². The van der Waals surface area contributed by atoms with Crippen molar-refractivity contribution in [1.29, 1.82) is 0 Å². The summed E-state index contributed by atoms with van der Waals surface area (Å²) in [5.41, 5.74) is 1.08. The minimum atomic E-state index is 0.166. The van der Waals surface area contributed by atoms with Gasteiger partial charge in [0, 0.05) is 24.3 Å². The predicted octanol–water partition coefficient (Wildman–Crippen LogP) is 2.52. The summed E-state index contributed by atoms with van der Waals surface area (Å²) in [6, 6.07) is 6.32. The Labute approximate surface area is 115 Å². The van der Waals surface area contributed by atoms with Crippen LogP contribution in [0.15, 0.2) is 18.2 Å². The van der Waals surface area contributed by atoms with Crippen LogP contribution in [0.5, 0.6) is 11.5 Å². The first-order chi connectivity index (χ1) is 9.12. The van der Waals surface area contributed by atoms with Gasteiger partial charge in [-0.05, 0) is 44.9 Å². The molecule has 0 saturated heterocycles. The van der Waals surface area contributed by atoms with Crippen molar-refractivity contribution < 1.29 is 14.6 Å². The molecular formula is C15H25NO3. The Bertz CT molecular complexity index is 382. The number of hydrogen-bond acceptors (Lipinski definition) is 4. The Morgan fingerprint density at radius 2 is 1.95 bits per heavy atom. The van der Waals surface area contributed by atoms with Crippen molar-refractivity contribution in [2.24, 2.45) is 0 Å². The summed E-state index contributed by atoms with van der Waals surface area (Å²) in [4.78, 5) is 0. The zero-order valence-electron chi connectivity index (χ0n) is 12.3. The molecule has 0 amide bonds. The third-order valence-electron chi connectivity index (χ3n) is 3.23. The molecule has 0 spiro atoms. The van der Waals surface area contributed by atoms with Crippen LogP contribution < -0.4 is 14.8 Å². The number of aliphatic hydroxyl groups excluding tert-OH is 1. The second-order valence-electron chi connectivity index (χ2n) is 4.76. The summed E-state index contributed by atoms with van der Waals surface area (Å²) < 4.78 is 10.7. The van der Waals surface area contributed by atoms with Crippen LogP contribution in [0.1, 0.15) is 38.3 Å². The summed E-state index contributed by atoms with van der Waals surface area (Å²) in [6.45, 7) is 4.47. The summed E-state index contributed by atoms with van der Waals surface area (Å²) in [7, 11) is 3.33. The molecule has 0 aliphatic carbocycles. The third kappa shape index (κ3) is 4.73. The van der Waals surface area contributed by atoms with Crippen molar-refractivity contribution >= 4 is 0 Å². The highest BCUT2D eigenvalue weighted by Crippen LogP contribution is 2.29. The topological polar surface area (TPSA) is 50.7 Å². The second-order valence-corrected chi connectivity index (χ2v) is 4.76. The Balaban J connectivity index is 2.76. The molecule has 2 atom stereocenters. The molecule has 4 heteroatoms. The van der Waals surface area contributed by atoms with E-state index < -0.39 is 0 Å². The number of nitrogens with one attached hydrogen (secondary N) is 1. The summed E-state index contributed by atoms with van der Waals surface area (Å²) in [5, 5.41) is 12.4. The number of aliphatic hydroxyl groups is 1. The van der Waals surface area contributed by atoms with Crippen LogP contribution in [-0.2, 0) is 0 Å². The lowest BCUT2D eigenvalue weighted by atomic mass is 10.0. The molecule has 4 nitrogen and oxygen atoms in total. The molecule has 1 aromatic rings. The molecular weight excluding hydrogens is 242 g/mol. The molecule has 2 unspecified atom stereocenters. The largest absolute Gasteiger partial charge is 0.497 e. The number of hydrogen-bond donors (Lipinski definition) is 2. The maximum Gasteiger partial charge on any atom is 0.123 e. The highest BCUT2D eigenvalue weighted by Gasteiger charge is 2.14. The van der Waals surface area contributed by atoms with Gasteiger partial charge in [-0.2, -0.15) is 0 Å². The quantitative estimate of drug-likeness (QED) is 0.760. The van der Waals surface area contributed by atoms with E-state index in [-0.39, 0.29) is 12.6 Å². The number of benzene rings is 1. The maximum absolute atomic E-state index is 8.85. The van der Waals surface area contributed by atoms with Gasteiger partial charge in [-0.3, -0.25) is 0 Å². The van der Waals surface area contributed by atoms with Crippen LogP contribution in [0, 0.1) is 0 Å². The predicted molar refractivity (Wildman–Crippen MR) is 76.9 cm³/mol. The van der Waals surface area contributed by atoms with Crippen LogP contribution in [0.4, 0.5) is 0 Å². The van der Waals surface area contributed by atoms with E-state index in [0.29, 0.717) is 6.04 Å². The van der Waals surface area contributed by atoms with Crippen molar-refractivity contribution in [3.63, 3.8) is 0 Å². The van der Waals surface area contributed by atoms with Gasteiger partial charge in [0.25, 0.3) is 0 Å². The minimum Gasteiger partial charge on any atom is -0.497 e. The summed E-state index contributed by atoms with van der Waals surface area (Å²) >= 11 is 0. The highest BCUT2D eigenvalue weighted by molar-refractivity contribution is 5.42. The Morgan fingerprint density at radius 3 is 2.53 bits per heavy atom. The van der Waals surface area contributed by atoms with Gasteiger partial charge in [-0.1, -0.05) is 0 Å². The first-order valence-corrected chi connectivity index (χ1v) is 6.71. The van der Waals surface area contributed by atoms with Gasteiger partial charge < -0.3 is 19.9 Å². The lowest BCUT2D eigenvalue weighted by molar-refractivity contribution is 0.274. The van der Waals surface area contributed by atoms with Gasteiger partial charge in [-0.15, -0.1) is 0 Å². The van der Waals surface area contributed by atoms with Gasteiger partial charge in [0.1, 0.15) is 11.5 Å². The molecule has 0 aromatic heterocycles. The summed E-state index contributed by atoms with van der Waals surface area (Å²) in [6.07, 6.45) is 1.77. The van der Waals surface area contributed by atoms with Gasteiger partial charge in [0.05, 0.1) is 14.2 Å². The molecule has 2 N–H and O–H groups in total. The van der Waals surface area contributed by atoms with Gasteiger partial charge >= 0.3 is 0 Å². The molecule has 0 heterocycles. The average molecular weight is 267 g/mol. The SMILES string of the molecule is COc1ccc(OC)c(C(C)NC(C)CCCO)c1. The van der Waals surface area contributed by atoms with Crippen LogP contribution in [0.25, 0.3) is 0 Å². The first kappa shape index (κ1) is 15.8. The molecule has 0 aliphatic heterocycles. The zero-order valence-corrected chi connectivity index (χ0v) is 12.3.